The van der Waals surface area contributed by atoms with Gasteiger partial charge in [-0.1, -0.05) is 46.0 Å². The summed E-state index contributed by atoms with van der Waals surface area (Å²) in [5, 5.41) is 7.56. The Kier molecular flexibility index (Phi) is 4.57. The molecule has 0 aliphatic rings. The van der Waals surface area contributed by atoms with E-state index >= 15 is 0 Å². The second-order valence-electron chi connectivity index (χ2n) is 4.63. The van der Waals surface area contributed by atoms with Crippen LogP contribution < -0.4 is 5.32 Å². The second kappa shape index (κ2) is 6.62. The van der Waals surface area contributed by atoms with Crippen molar-refractivity contribution >= 4 is 46.5 Å². The molecule has 0 aliphatic carbocycles. The van der Waals surface area contributed by atoms with Crippen LogP contribution in [0.2, 0.25) is 15.1 Å². The molecule has 0 spiro atoms. The fourth-order valence-electron chi connectivity index (χ4n) is 1.98. The summed E-state index contributed by atoms with van der Waals surface area (Å²) >= 11 is 17.9. The molecule has 23 heavy (non-hydrogen) atoms. The monoisotopic (exact) mass is 366 g/mol. The van der Waals surface area contributed by atoms with Crippen molar-refractivity contribution in [1.29, 1.82) is 0 Å². The average molecular weight is 368 g/mol. The summed E-state index contributed by atoms with van der Waals surface area (Å²) in [5.41, 5.74) is 0.977. The minimum atomic E-state index is -0.462. The maximum Gasteiger partial charge on any atom is 0.259 e. The van der Waals surface area contributed by atoms with Gasteiger partial charge in [0.25, 0.3) is 5.91 Å². The molecule has 2 aromatic carbocycles. The second-order valence-corrected chi connectivity index (χ2v) is 5.88. The minimum Gasteiger partial charge on any atom is -0.354 e. The Bertz CT molecular complexity index is 840. The third-order valence-electron chi connectivity index (χ3n) is 3.07. The first kappa shape index (κ1) is 15.9. The number of rotatable bonds is 3. The van der Waals surface area contributed by atoms with Crippen LogP contribution in [-0.2, 0) is 0 Å². The van der Waals surface area contributed by atoms with E-state index in [1.165, 1.54) is 0 Å². The number of aromatic nitrogens is 1. The standard InChI is InChI=1S/C16H9Cl3N2O2/c17-10-6-4-9(5-7-10)13-8-14(21-23-13)20-16(22)15-11(18)2-1-3-12(15)19/h1-8H,(H,20,21,22). The van der Waals surface area contributed by atoms with Gasteiger partial charge < -0.3 is 9.84 Å². The lowest BCUT2D eigenvalue weighted by molar-refractivity contribution is 0.102. The first-order chi connectivity index (χ1) is 11.0. The number of nitrogens with zero attached hydrogens (tertiary/aromatic N) is 1. The van der Waals surface area contributed by atoms with Gasteiger partial charge in [0.05, 0.1) is 15.6 Å². The maximum atomic E-state index is 12.3. The van der Waals surface area contributed by atoms with E-state index in [4.69, 9.17) is 39.3 Å². The number of amides is 1. The van der Waals surface area contributed by atoms with Crippen LogP contribution in [0.3, 0.4) is 0 Å². The zero-order valence-electron chi connectivity index (χ0n) is 11.5. The van der Waals surface area contributed by atoms with Crippen LogP contribution in [0.4, 0.5) is 5.82 Å². The molecule has 0 bridgehead atoms. The van der Waals surface area contributed by atoms with Crippen molar-refractivity contribution in [2.75, 3.05) is 5.32 Å². The zero-order chi connectivity index (χ0) is 16.4. The fraction of sp³-hybridized carbons (Fsp3) is 0. The van der Waals surface area contributed by atoms with Gasteiger partial charge in [0.2, 0.25) is 0 Å². The van der Waals surface area contributed by atoms with E-state index < -0.39 is 5.91 Å². The summed E-state index contributed by atoms with van der Waals surface area (Å²) < 4.78 is 5.21. The normalized spacial score (nSPS) is 10.6. The van der Waals surface area contributed by atoms with Gasteiger partial charge in [-0.05, 0) is 36.4 Å². The van der Waals surface area contributed by atoms with Crippen LogP contribution in [0.15, 0.2) is 53.1 Å². The third kappa shape index (κ3) is 3.50. The number of carbonyl (C=O) groups excluding carboxylic acids is 1. The van der Waals surface area contributed by atoms with Crippen molar-refractivity contribution in [1.82, 2.24) is 5.16 Å². The lowest BCUT2D eigenvalue weighted by Gasteiger charge is -2.05. The summed E-state index contributed by atoms with van der Waals surface area (Å²) in [6.45, 7) is 0. The average Bonchev–Trinajstić information content (AvgIpc) is 2.96. The Morgan fingerprint density at radius 1 is 1.00 bits per heavy atom. The lowest BCUT2D eigenvalue weighted by atomic mass is 10.2. The van der Waals surface area contributed by atoms with E-state index in [0.717, 1.165) is 5.56 Å². The van der Waals surface area contributed by atoms with Gasteiger partial charge in [-0.3, -0.25) is 4.79 Å². The van der Waals surface area contributed by atoms with Gasteiger partial charge >= 0.3 is 0 Å². The van der Waals surface area contributed by atoms with Crippen molar-refractivity contribution in [3.8, 4) is 11.3 Å². The highest BCUT2D eigenvalue weighted by atomic mass is 35.5. The molecule has 116 valence electrons. The number of benzene rings is 2. The molecule has 0 fully saturated rings. The van der Waals surface area contributed by atoms with Crippen molar-refractivity contribution < 1.29 is 9.32 Å². The number of nitrogens with one attached hydrogen (secondary N) is 1. The van der Waals surface area contributed by atoms with Gasteiger partial charge in [0, 0.05) is 16.7 Å². The fourth-order valence-corrected chi connectivity index (χ4v) is 2.67. The predicted molar refractivity (Wildman–Crippen MR) is 91.4 cm³/mol. The highest BCUT2D eigenvalue weighted by Crippen LogP contribution is 2.27. The first-order valence-corrected chi connectivity index (χ1v) is 7.66. The van der Waals surface area contributed by atoms with E-state index in [9.17, 15) is 4.79 Å². The van der Waals surface area contributed by atoms with Gasteiger partial charge in [0.15, 0.2) is 11.6 Å². The Labute approximate surface area is 146 Å². The molecular weight excluding hydrogens is 359 g/mol. The molecule has 1 amide bonds. The van der Waals surface area contributed by atoms with Crippen LogP contribution in [0.5, 0.6) is 0 Å². The summed E-state index contributed by atoms with van der Waals surface area (Å²) in [6.07, 6.45) is 0. The summed E-state index contributed by atoms with van der Waals surface area (Å²) in [4.78, 5) is 12.3. The highest BCUT2D eigenvalue weighted by molar-refractivity contribution is 6.40. The quantitative estimate of drug-likeness (QED) is 0.660. The highest BCUT2D eigenvalue weighted by Gasteiger charge is 2.16. The van der Waals surface area contributed by atoms with E-state index in [0.29, 0.717) is 10.8 Å². The van der Waals surface area contributed by atoms with E-state index in [-0.39, 0.29) is 21.4 Å². The van der Waals surface area contributed by atoms with Crippen LogP contribution in [0.1, 0.15) is 10.4 Å². The Morgan fingerprint density at radius 2 is 1.65 bits per heavy atom. The molecule has 1 heterocycles. The summed E-state index contributed by atoms with van der Waals surface area (Å²) in [7, 11) is 0. The Balaban J connectivity index is 1.82. The largest absolute Gasteiger partial charge is 0.354 e. The molecule has 0 atom stereocenters. The molecule has 3 rings (SSSR count). The minimum absolute atomic E-state index is 0.187. The van der Waals surface area contributed by atoms with E-state index in [1.807, 2.05) is 0 Å². The predicted octanol–water partition coefficient (Wildman–Crippen LogP) is 5.55. The van der Waals surface area contributed by atoms with Crippen LogP contribution in [-0.4, -0.2) is 11.1 Å². The molecule has 3 aromatic rings. The number of carbonyl (C=O) groups is 1. The molecule has 1 aromatic heterocycles. The van der Waals surface area contributed by atoms with Crippen molar-refractivity contribution in [2.24, 2.45) is 0 Å². The van der Waals surface area contributed by atoms with E-state index in [2.05, 4.69) is 10.5 Å². The summed E-state index contributed by atoms with van der Waals surface area (Å²) in [6, 6.07) is 13.5. The SMILES string of the molecule is O=C(Nc1cc(-c2ccc(Cl)cc2)on1)c1c(Cl)cccc1Cl. The number of anilines is 1. The van der Waals surface area contributed by atoms with Gasteiger partial charge in [0.1, 0.15) is 0 Å². The molecule has 0 aliphatic heterocycles. The summed E-state index contributed by atoms with van der Waals surface area (Å²) in [5.74, 6) is 0.301. The number of hydrogen-bond acceptors (Lipinski definition) is 3. The van der Waals surface area contributed by atoms with Gasteiger partial charge in [-0.15, -0.1) is 0 Å². The molecule has 0 saturated heterocycles. The molecule has 0 saturated carbocycles. The molecule has 0 unspecified atom stereocenters. The van der Waals surface area contributed by atoms with Gasteiger partial charge in [-0.2, -0.15) is 0 Å². The zero-order valence-corrected chi connectivity index (χ0v) is 13.8. The van der Waals surface area contributed by atoms with Crippen molar-refractivity contribution in [3.63, 3.8) is 0 Å². The van der Waals surface area contributed by atoms with Crippen molar-refractivity contribution in [2.45, 2.75) is 0 Å². The van der Waals surface area contributed by atoms with Gasteiger partial charge in [-0.25, -0.2) is 0 Å². The van der Waals surface area contributed by atoms with Crippen molar-refractivity contribution in [3.05, 3.63) is 69.2 Å². The smallest absolute Gasteiger partial charge is 0.259 e. The van der Waals surface area contributed by atoms with Crippen LogP contribution in [0, 0.1) is 0 Å². The molecule has 7 heteroatoms. The maximum absolute atomic E-state index is 12.3. The molecule has 4 nitrogen and oxygen atoms in total. The molecule has 1 N–H and O–H groups in total. The molecular formula is C16H9Cl3N2O2. The van der Waals surface area contributed by atoms with E-state index in [1.54, 1.807) is 48.5 Å². The Hall–Kier alpha value is -2.01. The topological polar surface area (TPSA) is 55.1 Å². The van der Waals surface area contributed by atoms with Crippen LogP contribution >= 0.6 is 34.8 Å². The third-order valence-corrected chi connectivity index (χ3v) is 3.95. The molecule has 0 radical (unpaired) electrons. The lowest BCUT2D eigenvalue weighted by Crippen LogP contribution is -2.13. The Morgan fingerprint density at radius 3 is 2.30 bits per heavy atom. The number of halogens is 3. The first-order valence-electron chi connectivity index (χ1n) is 6.52. The number of hydrogen-bond donors (Lipinski definition) is 1. The van der Waals surface area contributed by atoms with Crippen LogP contribution in [0.25, 0.3) is 11.3 Å².